The van der Waals surface area contributed by atoms with Gasteiger partial charge < -0.3 is 25.1 Å². The molecule has 4 atom stereocenters. The second-order valence-electron chi connectivity index (χ2n) is 14.9. The zero-order chi connectivity index (χ0) is 32.0. The first-order valence-corrected chi connectivity index (χ1v) is 18.8. The number of thiocarbonyl (C=S) groups is 2. The minimum Gasteiger partial charge on any atom is -0.508 e. The van der Waals surface area contributed by atoms with Gasteiger partial charge in [0.15, 0.2) is 10.2 Å². The molecule has 250 valence electrons. The van der Waals surface area contributed by atoms with Crippen molar-refractivity contribution >= 4 is 34.7 Å². The van der Waals surface area contributed by atoms with Crippen LogP contribution in [0, 0.1) is 11.8 Å². The summed E-state index contributed by atoms with van der Waals surface area (Å²) in [6.07, 6.45) is 12.4. The lowest BCUT2D eigenvalue weighted by molar-refractivity contribution is 0.159. The van der Waals surface area contributed by atoms with Gasteiger partial charge in [0.1, 0.15) is 5.75 Å². The van der Waals surface area contributed by atoms with E-state index in [2.05, 4.69) is 81.2 Å². The van der Waals surface area contributed by atoms with E-state index in [4.69, 9.17) is 24.4 Å². The number of nitrogens with zero attached hydrogens (tertiary/aromatic N) is 4. The van der Waals surface area contributed by atoms with E-state index in [1.54, 1.807) is 0 Å². The summed E-state index contributed by atoms with van der Waals surface area (Å²) in [5.74, 6) is 1.73. The third kappa shape index (κ3) is 8.35. The lowest BCUT2D eigenvalue weighted by Crippen LogP contribution is -2.51. The quantitative estimate of drug-likeness (QED) is 0.237. The van der Waals surface area contributed by atoms with Gasteiger partial charge in [-0.3, -0.25) is 4.90 Å². The molecule has 3 aliphatic heterocycles. The zero-order valence-electron chi connectivity index (χ0n) is 28.0. The summed E-state index contributed by atoms with van der Waals surface area (Å²) in [5, 5.41) is 15.5. The van der Waals surface area contributed by atoms with Gasteiger partial charge in [-0.15, -0.1) is 0 Å². The van der Waals surface area contributed by atoms with Crippen LogP contribution < -0.4 is 5.32 Å². The molecule has 46 heavy (non-hydrogen) atoms. The Morgan fingerprint density at radius 2 is 1.59 bits per heavy atom. The van der Waals surface area contributed by atoms with Crippen LogP contribution in [0.25, 0.3) is 0 Å². The highest BCUT2D eigenvalue weighted by Crippen LogP contribution is 2.32. The third-order valence-corrected chi connectivity index (χ3v) is 11.8. The highest BCUT2D eigenvalue weighted by atomic mass is 32.1. The summed E-state index contributed by atoms with van der Waals surface area (Å²) in [4.78, 5) is 10.5. The number of hydrogen-bond donors (Lipinski definition) is 2. The normalized spacial score (nSPS) is 25.2. The molecule has 3 saturated heterocycles. The van der Waals surface area contributed by atoms with E-state index in [9.17, 15) is 5.11 Å². The predicted molar refractivity (Wildman–Crippen MR) is 197 cm³/mol. The van der Waals surface area contributed by atoms with Gasteiger partial charge >= 0.3 is 0 Å². The molecule has 0 unspecified atom stereocenters. The first-order valence-electron chi connectivity index (χ1n) is 18.0. The number of rotatable bonds is 13. The molecule has 0 aromatic heterocycles. The summed E-state index contributed by atoms with van der Waals surface area (Å²) < 4.78 is 0. The largest absolute Gasteiger partial charge is 0.508 e. The van der Waals surface area contributed by atoms with Crippen LogP contribution in [0.4, 0.5) is 0 Å². The van der Waals surface area contributed by atoms with Gasteiger partial charge in [-0.25, -0.2) is 0 Å². The van der Waals surface area contributed by atoms with Gasteiger partial charge in [-0.2, -0.15) is 0 Å². The van der Waals surface area contributed by atoms with Crippen LogP contribution >= 0.6 is 24.4 Å². The Hall–Kier alpha value is -2.42. The Balaban J connectivity index is 1.19. The van der Waals surface area contributed by atoms with Crippen molar-refractivity contribution in [2.75, 3.05) is 39.3 Å². The topological polar surface area (TPSA) is 45.2 Å². The molecule has 0 spiro atoms. The first-order chi connectivity index (χ1) is 22.3. The molecule has 3 heterocycles. The standard InChI is InChI=1S/C38H55N5OS2/c1-28(2)20-34-27-43(38(46)42(34)24-31-12-7-4-8-13-31)35(22-30-15-17-36(44)18-16-30)25-40-19-9-14-32(40)26-41-33(23-39-37(41)45)21-29-10-5-3-6-11-29/h3,5-6,10-11,15-18,28,31-35,44H,4,7-9,12-14,19-27H2,1-2H3,(H,39,45)/t32-,33+,34+,35+/m1/s1. The number of hydrogen-bond acceptors (Lipinski definition) is 4. The molecular formula is C38H55N5OS2. The number of phenols is 1. The van der Waals surface area contributed by atoms with Crippen molar-refractivity contribution in [1.82, 2.24) is 24.9 Å². The Morgan fingerprint density at radius 3 is 2.33 bits per heavy atom. The van der Waals surface area contributed by atoms with Crippen LogP contribution in [0.15, 0.2) is 54.6 Å². The van der Waals surface area contributed by atoms with E-state index in [1.165, 1.54) is 62.5 Å². The molecule has 2 aromatic rings. The van der Waals surface area contributed by atoms with E-state index >= 15 is 0 Å². The molecule has 6 rings (SSSR count). The molecule has 2 N–H and O–H groups in total. The molecule has 0 radical (unpaired) electrons. The lowest BCUT2D eigenvalue weighted by atomic mass is 9.88. The molecule has 4 aliphatic rings. The summed E-state index contributed by atoms with van der Waals surface area (Å²) >= 11 is 12.3. The molecule has 2 aromatic carbocycles. The molecule has 0 amide bonds. The smallest absolute Gasteiger partial charge is 0.172 e. The van der Waals surface area contributed by atoms with Crippen LogP contribution in [0.5, 0.6) is 5.75 Å². The third-order valence-electron chi connectivity index (χ3n) is 11.0. The summed E-state index contributed by atoms with van der Waals surface area (Å²) in [6, 6.07) is 20.3. The lowest BCUT2D eigenvalue weighted by Gasteiger charge is -2.37. The fourth-order valence-electron chi connectivity index (χ4n) is 8.55. The van der Waals surface area contributed by atoms with Crippen molar-refractivity contribution in [3.63, 3.8) is 0 Å². The Morgan fingerprint density at radius 1 is 0.826 bits per heavy atom. The van der Waals surface area contributed by atoms with Crippen LogP contribution in [0.1, 0.15) is 76.3 Å². The molecule has 6 nitrogen and oxygen atoms in total. The van der Waals surface area contributed by atoms with E-state index in [1.807, 2.05) is 12.1 Å². The Bertz CT molecular complexity index is 1280. The Labute approximate surface area is 288 Å². The summed E-state index contributed by atoms with van der Waals surface area (Å²) in [7, 11) is 0. The molecular weight excluding hydrogens is 607 g/mol. The number of benzene rings is 2. The first kappa shape index (κ1) is 33.5. The second-order valence-corrected chi connectivity index (χ2v) is 15.6. The van der Waals surface area contributed by atoms with Crippen LogP contribution in [0.2, 0.25) is 0 Å². The van der Waals surface area contributed by atoms with E-state index in [0.717, 1.165) is 68.3 Å². The number of nitrogens with one attached hydrogen (secondary N) is 1. The molecule has 0 bridgehead atoms. The maximum Gasteiger partial charge on any atom is 0.172 e. The fourth-order valence-corrected chi connectivity index (χ4v) is 9.31. The number of phenolic OH excluding ortho intramolecular Hbond substituents is 1. The zero-order valence-corrected chi connectivity index (χ0v) is 29.7. The van der Waals surface area contributed by atoms with Crippen molar-refractivity contribution in [3.05, 3.63) is 65.7 Å². The highest BCUT2D eigenvalue weighted by Gasteiger charge is 2.41. The average molecular weight is 662 g/mol. The predicted octanol–water partition coefficient (Wildman–Crippen LogP) is 6.47. The van der Waals surface area contributed by atoms with E-state index in [0.29, 0.717) is 29.8 Å². The highest BCUT2D eigenvalue weighted by molar-refractivity contribution is 7.80. The van der Waals surface area contributed by atoms with Crippen LogP contribution in [-0.2, 0) is 12.8 Å². The van der Waals surface area contributed by atoms with Crippen molar-refractivity contribution in [1.29, 1.82) is 0 Å². The SMILES string of the molecule is CC(C)C[C@H]1CN([C@@H](Cc2ccc(O)cc2)CN2CCC[C@@H]2CN2C(=S)NC[C@@H]2Cc2ccccc2)C(=S)N1CC1CCCCC1. The van der Waals surface area contributed by atoms with Gasteiger partial charge in [0.25, 0.3) is 0 Å². The van der Waals surface area contributed by atoms with Gasteiger partial charge in [0, 0.05) is 50.8 Å². The van der Waals surface area contributed by atoms with Gasteiger partial charge in [-0.05, 0) is 111 Å². The Kier molecular flexibility index (Phi) is 11.4. The van der Waals surface area contributed by atoms with Crippen LogP contribution in [0.3, 0.4) is 0 Å². The van der Waals surface area contributed by atoms with E-state index in [-0.39, 0.29) is 6.04 Å². The molecule has 1 aliphatic carbocycles. The maximum atomic E-state index is 10.0. The molecule has 1 saturated carbocycles. The minimum atomic E-state index is 0.285. The monoisotopic (exact) mass is 661 g/mol. The van der Waals surface area contributed by atoms with Crippen molar-refractivity contribution in [2.24, 2.45) is 11.8 Å². The molecule has 8 heteroatoms. The summed E-state index contributed by atoms with van der Waals surface area (Å²) in [5.41, 5.74) is 2.64. The number of aromatic hydroxyl groups is 1. The second kappa shape index (κ2) is 15.7. The minimum absolute atomic E-state index is 0.285. The van der Waals surface area contributed by atoms with Crippen molar-refractivity contribution in [3.8, 4) is 5.75 Å². The van der Waals surface area contributed by atoms with E-state index < -0.39 is 0 Å². The van der Waals surface area contributed by atoms with Crippen LogP contribution in [-0.4, -0.2) is 98.4 Å². The average Bonchev–Trinajstić information content (AvgIpc) is 3.73. The van der Waals surface area contributed by atoms with Crippen molar-refractivity contribution < 1.29 is 5.11 Å². The van der Waals surface area contributed by atoms with Gasteiger partial charge in [0.2, 0.25) is 0 Å². The van der Waals surface area contributed by atoms with Gasteiger partial charge in [0.05, 0.1) is 6.04 Å². The summed E-state index contributed by atoms with van der Waals surface area (Å²) in [6.45, 7) is 10.9. The van der Waals surface area contributed by atoms with Crippen molar-refractivity contribution in [2.45, 2.75) is 102 Å². The fraction of sp³-hybridized carbons (Fsp3) is 0.632. The molecule has 4 fully saturated rings. The number of likely N-dealkylation sites (tertiary alicyclic amines) is 1. The van der Waals surface area contributed by atoms with Gasteiger partial charge in [-0.1, -0.05) is 75.6 Å². The maximum absolute atomic E-state index is 10.0.